The first kappa shape index (κ1) is 15.5. The molecule has 1 N–H and O–H groups in total. The molecule has 0 unspecified atom stereocenters. The van der Waals surface area contributed by atoms with Crippen LogP contribution in [0.1, 0.15) is 15.2 Å². The standard InChI is InChI=1S/C14H13BrN2O3S/c1-19-11-7-12(20-2)10(15)6-9(11)8-16-17-14(18)13-4-3-5-21-13/h3-8H,1-2H3,(H,17,18)/b16-8-. The summed E-state index contributed by atoms with van der Waals surface area (Å²) in [4.78, 5) is 12.3. The van der Waals surface area contributed by atoms with E-state index in [0.29, 0.717) is 16.4 Å². The number of hydrogen-bond donors (Lipinski definition) is 1. The van der Waals surface area contributed by atoms with Gasteiger partial charge in [-0.2, -0.15) is 5.10 Å². The molecule has 2 aromatic rings. The third-order valence-corrected chi connectivity index (χ3v) is 4.11. The lowest BCUT2D eigenvalue weighted by Crippen LogP contribution is -2.16. The van der Waals surface area contributed by atoms with Crippen molar-refractivity contribution in [2.75, 3.05) is 14.2 Å². The van der Waals surface area contributed by atoms with Gasteiger partial charge in [0.2, 0.25) is 0 Å². The molecule has 0 radical (unpaired) electrons. The maximum absolute atomic E-state index is 11.7. The van der Waals surface area contributed by atoms with Crippen LogP contribution in [0.25, 0.3) is 0 Å². The Balaban J connectivity index is 2.13. The van der Waals surface area contributed by atoms with E-state index in [-0.39, 0.29) is 5.91 Å². The molecule has 1 amide bonds. The maximum Gasteiger partial charge on any atom is 0.281 e. The van der Waals surface area contributed by atoms with Gasteiger partial charge in [0.05, 0.1) is 29.8 Å². The number of nitrogens with one attached hydrogen (secondary N) is 1. The summed E-state index contributed by atoms with van der Waals surface area (Å²) in [7, 11) is 3.14. The fraction of sp³-hybridized carbons (Fsp3) is 0.143. The molecule has 1 heterocycles. The van der Waals surface area contributed by atoms with Crippen LogP contribution < -0.4 is 14.9 Å². The number of ether oxygens (including phenoxy) is 2. The van der Waals surface area contributed by atoms with Gasteiger partial charge in [-0.3, -0.25) is 4.79 Å². The minimum atomic E-state index is -0.243. The largest absolute Gasteiger partial charge is 0.496 e. The molecule has 110 valence electrons. The first-order valence-corrected chi connectivity index (χ1v) is 7.61. The fourth-order valence-corrected chi connectivity index (χ4v) is 2.74. The molecule has 0 aliphatic carbocycles. The lowest BCUT2D eigenvalue weighted by atomic mass is 10.2. The molecular formula is C14H13BrN2O3S. The minimum absolute atomic E-state index is 0.243. The van der Waals surface area contributed by atoms with Crippen molar-refractivity contribution in [2.45, 2.75) is 0 Å². The van der Waals surface area contributed by atoms with Gasteiger partial charge >= 0.3 is 0 Å². The van der Waals surface area contributed by atoms with Crippen molar-refractivity contribution in [3.8, 4) is 11.5 Å². The van der Waals surface area contributed by atoms with Crippen molar-refractivity contribution < 1.29 is 14.3 Å². The zero-order chi connectivity index (χ0) is 15.2. The predicted octanol–water partition coefficient (Wildman–Crippen LogP) is 3.29. The quantitative estimate of drug-likeness (QED) is 0.650. The monoisotopic (exact) mass is 368 g/mol. The number of hydrogen-bond acceptors (Lipinski definition) is 5. The molecular weight excluding hydrogens is 356 g/mol. The number of rotatable bonds is 5. The van der Waals surface area contributed by atoms with E-state index in [1.807, 2.05) is 11.4 Å². The van der Waals surface area contributed by atoms with Crippen LogP contribution >= 0.6 is 27.3 Å². The molecule has 1 aromatic carbocycles. The second kappa shape index (κ2) is 7.24. The number of amides is 1. The Morgan fingerprint density at radius 1 is 1.33 bits per heavy atom. The Kier molecular flexibility index (Phi) is 5.35. The lowest BCUT2D eigenvalue weighted by molar-refractivity contribution is 0.0959. The second-order valence-corrected chi connectivity index (χ2v) is 5.71. The van der Waals surface area contributed by atoms with Gasteiger partial charge in [-0.1, -0.05) is 6.07 Å². The summed E-state index contributed by atoms with van der Waals surface area (Å²) >= 11 is 4.75. The van der Waals surface area contributed by atoms with Crippen LogP contribution in [0.4, 0.5) is 0 Å². The van der Waals surface area contributed by atoms with Crippen LogP contribution in [0, 0.1) is 0 Å². The first-order chi connectivity index (χ1) is 10.2. The summed E-state index contributed by atoms with van der Waals surface area (Å²) in [6.45, 7) is 0. The van der Waals surface area contributed by atoms with Gasteiger partial charge in [-0.05, 0) is 33.4 Å². The molecule has 0 saturated carbocycles. The van der Waals surface area contributed by atoms with E-state index in [1.54, 1.807) is 32.4 Å². The van der Waals surface area contributed by atoms with Crippen molar-refractivity contribution >= 4 is 39.4 Å². The number of carbonyl (C=O) groups is 1. The zero-order valence-electron chi connectivity index (χ0n) is 11.4. The first-order valence-electron chi connectivity index (χ1n) is 5.94. The van der Waals surface area contributed by atoms with E-state index in [4.69, 9.17) is 9.47 Å². The van der Waals surface area contributed by atoms with Crippen LogP contribution in [0.2, 0.25) is 0 Å². The Bertz CT molecular complexity index is 656. The summed E-state index contributed by atoms with van der Waals surface area (Å²) < 4.78 is 11.2. The molecule has 0 aliphatic rings. The van der Waals surface area contributed by atoms with E-state index >= 15 is 0 Å². The normalized spacial score (nSPS) is 10.6. The van der Waals surface area contributed by atoms with E-state index in [2.05, 4.69) is 26.5 Å². The third-order valence-electron chi connectivity index (χ3n) is 2.62. The fourth-order valence-electron chi connectivity index (χ4n) is 1.61. The Morgan fingerprint density at radius 2 is 2.10 bits per heavy atom. The highest BCUT2D eigenvalue weighted by molar-refractivity contribution is 9.10. The van der Waals surface area contributed by atoms with Crippen LogP contribution in [0.3, 0.4) is 0 Å². The Labute approximate surface area is 134 Å². The van der Waals surface area contributed by atoms with E-state index in [1.165, 1.54) is 17.6 Å². The number of nitrogens with zero attached hydrogens (tertiary/aromatic N) is 1. The zero-order valence-corrected chi connectivity index (χ0v) is 13.8. The number of thiophene rings is 1. The highest BCUT2D eigenvalue weighted by Crippen LogP contribution is 2.31. The summed E-state index contributed by atoms with van der Waals surface area (Å²) in [6.07, 6.45) is 1.52. The van der Waals surface area contributed by atoms with Crippen molar-refractivity contribution in [1.29, 1.82) is 0 Å². The molecule has 0 fully saturated rings. The molecule has 2 rings (SSSR count). The van der Waals surface area contributed by atoms with Gasteiger partial charge in [0.1, 0.15) is 11.5 Å². The highest BCUT2D eigenvalue weighted by atomic mass is 79.9. The van der Waals surface area contributed by atoms with E-state index in [9.17, 15) is 4.79 Å². The second-order valence-electron chi connectivity index (χ2n) is 3.91. The minimum Gasteiger partial charge on any atom is -0.496 e. The molecule has 0 bridgehead atoms. The third kappa shape index (κ3) is 3.83. The molecule has 7 heteroatoms. The average molecular weight is 369 g/mol. The molecule has 0 saturated heterocycles. The van der Waals surface area contributed by atoms with Gasteiger partial charge in [0.15, 0.2) is 0 Å². The summed E-state index contributed by atoms with van der Waals surface area (Å²) in [5, 5.41) is 5.78. The van der Waals surface area contributed by atoms with Crippen molar-refractivity contribution in [3.05, 3.63) is 44.6 Å². The SMILES string of the molecule is COc1cc(OC)c(/C=N\NC(=O)c2cccs2)cc1Br. The van der Waals surface area contributed by atoms with Crippen LogP contribution in [0.5, 0.6) is 11.5 Å². The lowest BCUT2D eigenvalue weighted by Gasteiger charge is -2.09. The molecule has 0 spiro atoms. The molecule has 5 nitrogen and oxygen atoms in total. The Morgan fingerprint density at radius 3 is 2.71 bits per heavy atom. The topological polar surface area (TPSA) is 59.9 Å². The van der Waals surface area contributed by atoms with Gasteiger partial charge in [-0.15, -0.1) is 11.3 Å². The van der Waals surface area contributed by atoms with Crippen LogP contribution in [0.15, 0.2) is 39.2 Å². The summed E-state index contributed by atoms with van der Waals surface area (Å²) in [5.41, 5.74) is 3.19. The average Bonchev–Trinajstić information content (AvgIpc) is 3.01. The van der Waals surface area contributed by atoms with Crippen LogP contribution in [-0.4, -0.2) is 26.3 Å². The number of halogens is 1. The van der Waals surface area contributed by atoms with Crippen molar-refractivity contribution in [1.82, 2.24) is 5.43 Å². The Hall–Kier alpha value is -1.86. The van der Waals surface area contributed by atoms with Crippen molar-refractivity contribution in [2.24, 2.45) is 5.10 Å². The van der Waals surface area contributed by atoms with Gasteiger partial charge in [0.25, 0.3) is 5.91 Å². The van der Waals surface area contributed by atoms with Gasteiger partial charge < -0.3 is 9.47 Å². The number of carbonyl (C=O) groups excluding carboxylic acids is 1. The molecule has 21 heavy (non-hydrogen) atoms. The highest BCUT2D eigenvalue weighted by Gasteiger charge is 2.08. The maximum atomic E-state index is 11.7. The number of hydrazone groups is 1. The summed E-state index contributed by atoms with van der Waals surface area (Å²) in [6, 6.07) is 7.10. The van der Waals surface area contributed by atoms with Crippen LogP contribution in [-0.2, 0) is 0 Å². The van der Waals surface area contributed by atoms with Gasteiger partial charge in [-0.25, -0.2) is 5.43 Å². The predicted molar refractivity (Wildman–Crippen MR) is 86.6 cm³/mol. The molecule has 1 aromatic heterocycles. The van der Waals surface area contributed by atoms with Crippen molar-refractivity contribution in [3.63, 3.8) is 0 Å². The molecule has 0 aliphatic heterocycles. The number of methoxy groups -OCH3 is 2. The summed E-state index contributed by atoms with van der Waals surface area (Å²) in [5.74, 6) is 1.02. The van der Waals surface area contributed by atoms with E-state index in [0.717, 1.165) is 10.0 Å². The smallest absolute Gasteiger partial charge is 0.281 e. The van der Waals surface area contributed by atoms with E-state index < -0.39 is 0 Å². The van der Waals surface area contributed by atoms with Gasteiger partial charge in [0, 0.05) is 11.6 Å². The number of benzene rings is 1. The molecule has 0 atom stereocenters.